The number of anilines is 2. The van der Waals surface area contributed by atoms with Gasteiger partial charge in [0.15, 0.2) is 0 Å². The SMILES string of the molecule is CC(C)C(=O)N1CCc2c(N)cccc21. The van der Waals surface area contributed by atoms with Gasteiger partial charge in [0.1, 0.15) is 0 Å². The highest BCUT2D eigenvalue weighted by atomic mass is 16.2. The lowest BCUT2D eigenvalue weighted by Crippen LogP contribution is -2.32. The number of fused-ring (bicyclic) bond motifs is 1. The smallest absolute Gasteiger partial charge is 0.229 e. The highest BCUT2D eigenvalue weighted by Gasteiger charge is 2.26. The maximum absolute atomic E-state index is 11.9. The largest absolute Gasteiger partial charge is 0.398 e. The molecule has 3 nitrogen and oxygen atoms in total. The molecule has 1 heterocycles. The van der Waals surface area contributed by atoms with Crippen molar-refractivity contribution in [3.8, 4) is 0 Å². The molecule has 0 fully saturated rings. The van der Waals surface area contributed by atoms with E-state index in [2.05, 4.69) is 0 Å². The average Bonchev–Trinajstić information content (AvgIpc) is 2.61. The third-order valence-electron chi connectivity index (χ3n) is 2.82. The summed E-state index contributed by atoms with van der Waals surface area (Å²) in [6, 6.07) is 5.77. The van der Waals surface area contributed by atoms with Gasteiger partial charge < -0.3 is 10.6 Å². The predicted octanol–water partition coefficient (Wildman–Crippen LogP) is 1.81. The molecule has 0 saturated heterocycles. The van der Waals surface area contributed by atoms with Crippen LogP contribution in [0.15, 0.2) is 18.2 Å². The molecule has 1 aromatic carbocycles. The van der Waals surface area contributed by atoms with Gasteiger partial charge >= 0.3 is 0 Å². The molecule has 1 aromatic rings. The Hall–Kier alpha value is -1.51. The third kappa shape index (κ3) is 1.58. The van der Waals surface area contributed by atoms with E-state index in [1.807, 2.05) is 36.9 Å². The molecule has 0 atom stereocenters. The molecule has 80 valence electrons. The number of benzene rings is 1. The van der Waals surface area contributed by atoms with E-state index >= 15 is 0 Å². The van der Waals surface area contributed by atoms with Crippen molar-refractivity contribution in [2.24, 2.45) is 5.92 Å². The molecular formula is C12H16N2O. The van der Waals surface area contributed by atoms with Gasteiger partial charge in [0.05, 0.1) is 0 Å². The Labute approximate surface area is 89.9 Å². The molecule has 1 aliphatic heterocycles. The lowest BCUT2D eigenvalue weighted by atomic mass is 10.1. The lowest BCUT2D eigenvalue weighted by molar-refractivity contribution is -0.121. The number of nitrogens with two attached hydrogens (primary N) is 1. The quantitative estimate of drug-likeness (QED) is 0.709. The van der Waals surface area contributed by atoms with E-state index in [4.69, 9.17) is 5.73 Å². The van der Waals surface area contributed by atoms with Crippen molar-refractivity contribution in [3.05, 3.63) is 23.8 Å². The minimum absolute atomic E-state index is 0.0392. The summed E-state index contributed by atoms with van der Waals surface area (Å²) in [4.78, 5) is 13.7. The monoisotopic (exact) mass is 204 g/mol. The Bertz CT molecular complexity index is 399. The Balaban J connectivity index is 2.37. The molecule has 2 N–H and O–H groups in total. The third-order valence-corrected chi connectivity index (χ3v) is 2.82. The van der Waals surface area contributed by atoms with Crippen LogP contribution < -0.4 is 10.6 Å². The van der Waals surface area contributed by atoms with E-state index in [1.54, 1.807) is 0 Å². The number of hydrogen-bond acceptors (Lipinski definition) is 2. The first-order chi connectivity index (χ1) is 7.11. The second-order valence-electron chi connectivity index (χ2n) is 4.24. The number of amides is 1. The van der Waals surface area contributed by atoms with Crippen LogP contribution in [0.4, 0.5) is 11.4 Å². The molecule has 3 heteroatoms. The number of carbonyl (C=O) groups is 1. The van der Waals surface area contributed by atoms with E-state index in [1.165, 1.54) is 0 Å². The maximum atomic E-state index is 11.9. The van der Waals surface area contributed by atoms with Gasteiger partial charge in [-0.05, 0) is 18.6 Å². The van der Waals surface area contributed by atoms with Gasteiger partial charge in [-0.25, -0.2) is 0 Å². The van der Waals surface area contributed by atoms with Crippen LogP contribution in [0, 0.1) is 5.92 Å². The predicted molar refractivity (Wildman–Crippen MR) is 61.7 cm³/mol. The maximum Gasteiger partial charge on any atom is 0.229 e. The van der Waals surface area contributed by atoms with Crippen LogP contribution in [0.2, 0.25) is 0 Å². The number of carbonyl (C=O) groups excluding carboxylic acids is 1. The van der Waals surface area contributed by atoms with Gasteiger partial charge in [-0.15, -0.1) is 0 Å². The zero-order valence-electron chi connectivity index (χ0n) is 9.16. The standard InChI is InChI=1S/C12H16N2O/c1-8(2)12(15)14-7-6-9-10(13)4-3-5-11(9)14/h3-5,8H,6-7,13H2,1-2H3. The highest BCUT2D eigenvalue weighted by Crippen LogP contribution is 2.32. The summed E-state index contributed by atoms with van der Waals surface area (Å²) in [5, 5.41) is 0. The minimum atomic E-state index is 0.0392. The van der Waals surface area contributed by atoms with Crippen molar-refractivity contribution < 1.29 is 4.79 Å². The Kier molecular flexibility index (Phi) is 2.39. The summed E-state index contributed by atoms with van der Waals surface area (Å²) in [6.07, 6.45) is 0.875. The fraction of sp³-hybridized carbons (Fsp3) is 0.417. The van der Waals surface area contributed by atoms with Crippen LogP contribution in [-0.2, 0) is 11.2 Å². The van der Waals surface area contributed by atoms with Crippen LogP contribution in [0.25, 0.3) is 0 Å². The Morgan fingerprint density at radius 2 is 2.20 bits per heavy atom. The van der Waals surface area contributed by atoms with Crippen LogP contribution in [0.5, 0.6) is 0 Å². The molecule has 1 amide bonds. The Morgan fingerprint density at radius 1 is 1.47 bits per heavy atom. The zero-order chi connectivity index (χ0) is 11.0. The van der Waals surface area contributed by atoms with Gasteiger partial charge in [-0.3, -0.25) is 4.79 Å². The van der Waals surface area contributed by atoms with Crippen LogP contribution >= 0.6 is 0 Å². The van der Waals surface area contributed by atoms with E-state index in [0.29, 0.717) is 0 Å². The first-order valence-corrected chi connectivity index (χ1v) is 5.30. The van der Waals surface area contributed by atoms with Crippen molar-refractivity contribution >= 4 is 17.3 Å². The lowest BCUT2D eigenvalue weighted by Gasteiger charge is -2.19. The summed E-state index contributed by atoms with van der Waals surface area (Å²) in [7, 11) is 0. The molecule has 0 aliphatic carbocycles. The normalized spacial score (nSPS) is 14.5. The van der Waals surface area contributed by atoms with Crippen molar-refractivity contribution in [2.75, 3.05) is 17.2 Å². The van der Waals surface area contributed by atoms with Crippen LogP contribution in [0.3, 0.4) is 0 Å². The van der Waals surface area contributed by atoms with Crippen molar-refractivity contribution in [1.29, 1.82) is 0 Å². The molecule has 15 heavy (non-hydrogen) atoms. The van der Waals surface area contributed by atoms with Crippen molar-refractivity contribution in [3.63, 3.8) is 0 Å². The fourth-order valence-electron chi connectivity index (χ4n) is 2.00. The second-order valence-corrected chi connectivity index (χ2v) is 4.24. The van der Waals surface area contributed by atoms with Crippen LogP contribution in [-0.4, -0.2) is 12.5 Å². The van der Waals surface area contributed by atoms with E-state index in [-0.39, 0.29) is 11.8 Å². The minimum Gasteiger partial charge on any atom is -0.398 e. The van der Waals surface area contributed by atoms with Crippen molar-refractivity contribution in [1.82, 2.24) is 0 Å². The molecule has 0 aromatic heterocycles. The molecule has 0 bridgehead atoms. The summed E-state index contributed by atoms with van der Waals surface area (Å²) in [5.41, 5.74) is 8.78. The summed E-state index contributed by atoms with van der Waals surface area (Å²) >= 11 is 0. The van der Waals surface area contributed by atoms with Gasteiger partial charge in [0.25, 0.3) is 0 Å². The van der Waals surface area contributed by atoms with E-state index in [9.17, 15) is 4.79 Å². The topological polar surface area (TPSA) is 46.3 Å². The summed E-state index contributed by atoms with van der Waals surface area (Å²) in [5.74, 6) is 0.219. The first kappa shape index (κ1) is 10.0. The van der Waals surface area contributed by atoms with Crippen molar-refractivity contribution in [2.45, 2.75) is 20.3 Å². The number of hydrogen-bond donors (Lipinski definition) is 1. The van der Waals surface area contributed by atoms with E-state index in [0.717, 1.165) is 29.9 Å². The van der Waals surface area contributed by atoms with Gasteiger partial charge in [-0.2, -0.15) is 0 Å². The number of nitrogens with zero attached hydrogens (tertiary/aromatic N) is 1. The molecule has 1 aliphatic rings. The Morgan fingerprint density at radius 3 is 2.87 bits per heavy atom. The summed E-state index contributed by atoms with van der Waals surface area (Å²) in [6.45, 7) is 4.61. The number of nitrogen functional groups attached to an aromatic ring is 1. The van der Waals surface area contributed by atoms with Gasteiger partial charge in [0.2, 0.25) is 5.91 Å². The highest BCUT2D eigenvalue weighted by molar-refractivity contribution is 5.97. The molecule has 0 saturated carbocycles. The molecule has 0 radical (unpaired) electrons. The molecule has 2 rings (SSSR count). The van der Waals surface area contributed by atoms with Gasteiger partial charge in [-0.1, -0.05) is 19.9 Å². The van der Waals surface area contributed by atoms with Crippen LogP contribution in [0.1, 0.15) is 19.4 Å². The molecule has 0 spiro atoms. The average molecular weight is 204 g/mol. The second kappa shape index (κ2) is 3.57. The first-order valence-electron chi connectivity index (χ1n) is 5.30. The molecular weight excluding hydrogens is 188 g/mol. The fourth-order valence-corrected chi connectivity index (χ4v) is 2.00. The van der Waals surface area contributed by atoms with E-state index < -0.39 is 0 Å². The summed E-state index contributed by atoms with van der Waals surface area (Å²) < 4.78 is 0. The molecule has 0 unspecified atom stereocenters. The van der Waals surface area contributed by atoms with Gasteiger partial charge in [0, 0.05) is 29.4 Å². The zero-order valence-corrected chi connectivity index (χ0v) is 9.16. The number of rotatable bonds is 1.